The van der Waals surface area contributed by atoms with Crippen LogP contribution in [0.5, 0.6) is 0 Å². The lowest BCUT2D eigenvalue weighted by atomic mass is 9.99. The molecule has 0 aromatic carbocycles. The molecule has 6 heteroatoms. The number of carbonyl (C=O) groups excluding carboxylic acids is 1. The van der Waals surface area contributed by atoms with E-state index in [1.807, 2.05) is 11.0 Å². The van der Waals surface area contributed by atoms with Gasteiger partial charge < -0.3 is 14.7 Å². The maximum Gasteiger partial charge on any atom is 0.292 e. The van der Waals surface area contributed by atoms with Crippen LogP contribution in [0.15, 0.2) is 10.6 Å². The number of halogens is 1. The van der Waals surface area contributed by atoms with Gasteiger partial charge in [-0.1, -0.05) is 19.0 Å². The quantitative estimate of drug-likeness (QED) is 0.928. The average molecular weight is 316 g/mol. The van der Waals surface area contributed by atoms with E-state index in [0.717, 1.165) is 25.1 Å². The Morgan fingerprint density at radius 3 is 2.76 bits per heavy atom. The molecule has 21 heavy (non-hydrogen) atoms. The van der Waals surface area contributed by atoms with Gasteiger partial charge in [-0.3, -0.25) is 4.79 Å². The molecule has 0 spiro atoms. The van der Waals surface area contributed by atoms with E-state index >= 15 is 0 Å². The fourth-order valence-electron chi connectivity index (χ4n) is 2.77. The fourth-order valence-corrected chi connectivity index (χ4v) is 2.77. The second kappa shape index (κ2) is 7.80. The molecule has 1 aliphatic heterocycles. The molecule has 1 amide bonds. The third kappa shape index (κ3) is 3.77. The highest BCUT2D eigenvalue weighted by Gasteiger charge is 2.31. The molecule has 1 saturated heterocycles. The molecule has 2 atom stereocenters. The van der Waals surface area contributed by atoms with Crippen LogP contribution in [0.4, 0.5) is 0 Å². The largest absolute Gasteiger partial charge is 0.351 e. The van der Waals surface area contributed by atoms with Crippen LogP contribution < -0.4 is 5.32 Å². The number of carbonyl (C=O) groups is 1. The first-order valence-electron chi connectivity index (χ1n) is 7.59. The van der Waals surface area contributed by atoms with Crippen molar-refractivity contribution in [2.24, 2.45) is 0 Å². The van der Waals surface area contributed by atoms with Gasteiger partial charge in [0.25, 0.3) is 5.91 Å². The van der Waals surface area contributed by atoms with E-state index < -0.39 is 0 Å². The van der Waals surface area contributed by atoms with Gasteiger partial charge >= 0.3 is 0 Å². The summed E-state index contributed by atoms with van der Waals surface area (Å²) in [5, 5.41) is 7.45. The van der Waals surface area contributed by atoms with Gasteiger partial charge in [-0.25, -0.2) is 0 Å². The van der Waals surface area contributed by atoms with Gasteiger partial charge in [-0.05, 0) is 26.7 Å². The number of nitrogens with zero attached hydrogens (tertiary/aromatic N) is 2. The zero-order valence-electron chi connectivity index (χ0n) is 13.3. The van der Waals surface area contributed by atoms with Gasteiger partial charge in [-0.15, -0.1) is 12.4 Å². The molecule has 0 saturated carbocycles. The Bertz CT molecular complexity index is 460. The van der Waals surface area contributed by atoms with Crippen molar-refractivity contribution >= 4 is 18.3 Å². The maximum absolute atomic E-state index is 12.5. The number of aromatic nitrogens is 1. The normalized spacial score (nSPS) is 22.2. The fraction of sp³-hybridized carbons (Fsp3) is 0.733. The second-order valence-corrected chi connectivity index (χ2v) is 5.61. The van der Waals surface area contributed by atoms with Crippen LogP contribution in [-0.2, 0) is 0 Å². The van der Waals surface area contributed by atoms with E-state index in [-0.39, 0.29) is 24.4 Å². The lowest BCUT2D eigenvalue weighted by Gasteiger charge is -2.37. The average Bonchev–Trinajstić information content (AvgIpc) is 2.92. The summed E-state index contributed by atoms with van der Waals surface area (Å²) in [4.78, 5) is 14.4. The first kappa shape index (κ1) is 18.0. The molecule has 1 aromatic rings. The van der Waals surface area contributed by atoms with Crippen LogP contribution in [0.25, 0.3) is 0 Å². The van der Waals surface area contributed by atoms with Crippen LogP contribution >= 0.6 is 12.4 Å². The van der Waals surface area contributed by atoms with Crippen molar-refractivity contribution in [1.29, 1.82) is 0 Å². The van der Waals surface area contributed by atoms with Crippen LogP contribution in [0, 0.1) is 0 Å². The third-order valence-corrected chi connectivity index (χ3v) is 4.44. The smallest absolute Gasteiger partial charge is 0.292 e. The minimum Gasteiger partial charge on any atom is -0.351 e. The second-order valence-electron chi connectivity index (χ2n) is 5.61. The van der Waals surface area contributed by atoms with Crippen molar-refractivity contribution in [1.82, 2.24) is 15.4 Å². The summed E-state index contributed by atoms with van der Waals surface area (Å²) < 4.78 is 5.29. The van der Waals surface area contributed by atoms with E-state index in [0.29, 0.717) is 24.3 Å². The SMILES string of the molecule is CCC(CC)c1cc(C(=O)N2CCNC(C)C2C)on1.Cl. The number of amides is 1. The van der Waals surface area contributed by atoms with Crippen LogP contribution in [0.3, 0.4) is 0 Å². The lowest BCUT2D eigenvalue weighted by Crippen LogP contribution is -2.57. The van der Waals surface area contributed by atoms with Gasteiger partial charge in [-0.2, -0.15) is 0 Å². The van der Waals surface area contributed by atoms with Gasteiger partial charge in [0.1, 0.15) is 0 Å². The minimum absolute atomic E-state index is 0. The zero-order chi connectivity index (χ0) is 14.7. The highest BCUT2D eigenvalue weighted by molar-refractivity contribution is 5.91. The Morgan fingerprint density at radius 2 is 2.14 bits per heavy atom. The Hall–Kier alpha value is -1.07. The predicted octanol–water partition coefficient (Wildman–Crippen LogP) is 2.82. The zero-order valence-corrected chi connectivity index (χ0v) is 14.1. The molecule has 1 aromatic heterocycles. The van der Waals surface area contributed by atoms with Crippen molar-refractivity contribution in [3.8, 4) is 0 Å². The third-order valence-electron chi connectivity index (χ3n) is 4.44. The summed E-state index contributed by atoms with van der Waals surface area (Å²) >= 11 is 0. The summed E-state index contributed by atoms with van der Waals surface area (Å²) in [6.07, 6.45) is 2.02. The molecule has 0 radical (unpaired) electrons. The number of rotatable bonds is 4. The summed E-state index contributed by atoms with van der Waals surface area (Å²) in [6.45, 7) is 9.96. The molecule has 2 unspecified atom stereocenters. The Balaban J connectivity index is 0.00000220. The van der Waals surface area contributed by atoms with Crippen molar-refractivity contribution in [3.63, 3.8) is 0 Å². The van der Waals surface area contributed by atoms with Crippen LogP contribution in [-0.4, -0.2) is 41.1 Å². The molecule has 0 aliphatic carbocycles. The molecule has 0 bridgehead atoms. The molecule has 1 fully saturated rings. The van der Waals surface area contributed by atoms with Gasteiger partial charge in [0.2, 0.25) is 5.76 Å². The standard InChI is InChI=1S/C15H25N3O2.ClH/c1-5-12(6-2)13-9-14(20-17-13)15(19)18-8-7-16-10(3)11(18)4;/h9-12,16H,5-8H2,1-4H3;1H. The summed E-state index contributed by atoms with van der Waals surface area (Å²) in [5.41, 5.74) is 0.897. The molecule has 5 nitrogen and oxygen atoms in total. The van der Waals surface area contributed by atoms with Crippen molar-refractivity contribution < 1.29 is 9.32 Å². The number of hydrogen-bond donors (Lipinski definition) is 1. The first-order chi connectivity index (χ1) is 9.58. The Kier molecular flexibility index (Phi) is 6.68. The predicted molar refractivity (Wildman–Crippen MR) is 85.0 cm³/mol. The monoisotopic (exact) mass is 315 g/mol. The molecule has 1 N–H and O–H groups in total. The number of hydrogen-bond acceptors (Lipinski definition) is 4. The molecule has 2 heterocycles. The molecular weight excluding hydrogens is 290 g/mol. The number of nitrogens with one attached hydrogen (secondary N) is 1. The molecule has 120 valence electrons. The molecule has 2 rings (SSSR count). The summed E-state index contributed by atoms with van der Waals surface area (Å²) in [5.74, 6) is 0.697. The minimum atomic E-state index is -0.0458. The number of piperazine rings is 1. The van der Waals surface area contributed by atoms with E-state index in [1.54, 1.807) is 0 Å². The highest BCUT2D eigenvalue weighted by atomic mass is 35.5. The summed E-state index contributed by atoms with van der Waals surface area (Å²) in [7, 11) is 0. The lowest BCUT2D eigenvalue weighted by molar-refractivity contribution is 0.0561. The maximum atomic E-state index is 12.5. The van der Waals surface area contributed by atoms with Gasteiger partial charge in [0, 0.05) is 37.2 Å². The topological polar surface area (TPSA) is 58.4 Å². The van der Waals surface area contributed by atoms with Crippen LogP contribution in [0.1, 0.15) is 62.7 Å². The van der Waals surface area contributed by atoms with Crippen molar-refractivity contribution in [3.05, 3.63) is 17.5 Å². The van der Waals surface area contributed by atoms with Gasteiger partial charge in [0.05, 0.1) is 5.69 Å². The van der Waals surface area contributed by atoms with Crippen LogP contribution in [0.2, 0.25) is 0 Å². The Morgan fingerprint density at radius 1 is 1.48 bits per heavy atom. The van der Waals surface area contributed by atoms with Crippen molar-refractivity contribution in [2.45, 2.75) is 58.5 Å². The highest BCUT2D eigenvalue weighted by Crippen LogP contribution is 2.23. The molecule has 1 aliphatic rings. The van der Waals surface area contributed by atoms with E-state index in [1.165, 1.54) is 0 Å². The first-order valence-corrected chi connectivity index (χ1v) is 7.59. The summed E-state index contributed by atoms with van der Waals surface area (Å²) in [6, 6.07) is 2.28. The van der Waals surface area contributed by atoms with E-state index in [4.69, 9.17) is 4.52 Å². The molecular formula is C15H26ClN3O2. The van der Waals surface area contributed by atoms with E-state index in [9.17, 15) is 4.79 Å². The van der Waals surface area contributed by atoms with Gasteiger partial charge in [0.15, 0.2) is 0 Å². The van der Waals surface area contributed by atoms with Crippen molar-refractivity contribution in [2.75, 3.05) is 13.1 Å². The van der Waals surface area contributed by atoms with E-state index in [2.05, 4.69) is 38.2 Å². The Labute approximate surface area is 132 Å².